The van der Waals surface area contributed by atoms with Crippen molar-refractivity contribution < 1.29 is 4.79 Å². The Morgan fingerprint density at radius 2 is 1.65 bits per heavy atom. The quantitative estimate of drug-likeness (QED) is 0.321. The lowest BCUT2D eigenvalue weighted by atomic mass is 10.1. The zero-order valence-corrected chi connectivity index (χ0v) is 25.4. The summed E-state index contributed by atoms with van der Waals surface area (Å²) < 4.78 is 4.65. The van der Waals surface area contributed by atoms with E-state index in [-0.39, 0.29) is 24.9 Å². The van der Waals surface area contributed by atoms with Crippen molar-refractivity contribution in [3.63, 3.8) is 0 Å². The summed E-state index contributed by atoms with van der Waals surface area (Å²) in [6, 6.07) is 19.6. The summed E-state index contributed by atoms with van der Waals surface area (Å²) in [7, 11) is 5.04. The maximum absolute atomic E-state index is 14.5. The third-order valence-electron chi connectivity index (χ3n) is 8.02. The number of carbonyl (C=O) groups is 1. The highest BCUT2D eigenvalue weighted by Gasteiger charge is 2.32. The van der Waals surface area contributed by atoms with Crippen molar-refractivity contribution in [3.05, 3.63) is 105 Å². The van der Waals surface area contributed by atoms with Gasteiger partial charge in [0.2, 0.25) is 0 Å². The van der Waals surface area contributed by atoms with Crippen LogP contribution in [-0.2, 0) is 20.1 Å². The number of anilines is 1. The van der Waals surface area contributed by atoms with Crippen LogP contribution in [0.1, 0.15) is 28.0 Å². The molecule has 3 aromatic heterocycles. The van der Waals surface area contributed by atoms with E-state index in [2.05, 4.69) is 15.2 Å². The lowest BCUT2D eigenvalue weighted by molar-refractivity contribution is 0.0829. The van der Waals surface area contributed by atoms with E-state index in [1.165, 1.54) is 14.0 Å². The molecule has 1 aliphatic rings. The Labute approximate surface area is 255 Å². The maximum Gasteiger partial charge on any atom is 0.331 e. The predicted octanol–water partition coefficient (Wildman–Crippen LogP) is 3.07. The molecule has 224 valence electrons. The maximum atomic E-state index is 14.5. The first-order valence-electron chi connectivity index (χ1n) is 14.3. The van der Waals surface area contributed by atoms with E-state index < -0.39 is 11.2 Å². The molecule has 1 fully saturated rings. The van der Waals surface area contributed by atoms with Gasteiger partial charge in [0.05, 0.1) is 17.8 Å². The first kappa shape index (κ1) is 30.1. The summed E-state index contributed by atoms with van der Waals surface area (Å²) >= 11 is 0. The lowest BCUT2D eigenvalue weighted by Crippen LogP contribution is -2.40. The van der Waals surface area contributed by atoms with E-state index in [4.69, 9.17) is 0 Å². The second kappa shape index (κ2) is 12.4. The number of pyridine rings is 1. The Kier molecular flexibility index (Phi) is 8.70. The van der Waals surface area contributed by atoms with Crippen LogP contribution >= 0.6 is 12.4 Å². The predicted molar refractivity (Wildman–Crippen MR) is 173 cm³/mol. The van der Waals surface area contributed by atoms with Gasteiger partial charge in [0.25, 0.3) is 11.5 Å². The number of hydrogen-bond donors (Lipinski definition) is 1. The molecule has 43 heavy (non-hydrogen) atoms. The van der Waals surface area contributed by atoms with Crippen molar-refractivity contribution >= 4 is 45.9 Å². The number of rotatable bonds is 6. The van der Waals surface area contributed by atoms with Crippen LogP contribution in [0.2, 0.25) is 0 Å². The standard InChI is InChI=1S/C32H35N7O3.ClH/c1-35(2)30(40)26-27-28(38(20-22-10-5-4-6-11-22)29(26)37-18-9-15-33-17-19-37)31(41)39(32(42)36(27)3)21-25-24-13-8-7-12-23(24)14-16-34-25;/h4-8,10-14,16,33H,9,15,17-21H2,1-3H3;1H. The summed E-state index contributed by atoms with van der Waals surface area (Å²) in [5, 5.41) is 5.30. The van der Waals surface area contributed by atoms with Crippen molar-refractivity contribution in [2.24, 2.45) is 7.05 Å². The summed E-state index contributed by atoms with van der Waals surface area (Å²) in [6.07, 6.45) is 2.58. The number of nitrogens with zero attached hydrogens (tertiary/aromatic N) is 6. The molecule has 0 radical (unpaired) electrons. The molecule has 2 aromatic carbocycles. The molecule has 1 amide bonds. The zero-order valence-electron chi connectivity index (χ0n) is 24.6. The molecule has 0 aliphatic carbocycles. The van der Waals surface area contributed by atoms with Crippen LogP contribution in [0.3, 0.4) is 0 Å². The van der Waals surface area contributed by atoms with Crippen LogP contribution in [0, 0.1) is 0 Å². The molecule has 1 aliphatic heterocycles. The minimum absolute atomic E-state index is 0. The number of benzene rings is 2. The largest absolute Gasteiger partial charge is 0.356 e. The molecule has 11 heteroatoms. The van der Waals surface area contributed by atoms with Gasteiger partial charge in [-0.1, -0.05) is 54.6 Å². The monoisotopic (exact) mass is 601 g/mol. The van der Waals surface area contributed by atoms with Gasteiger partial charge >= 0.3 is 5.69 Å². The Morgan fingerprint density at radius 3 is 2.42 bits per heavy atom. The van der Waals surface area contributed by atoms with Crippen LogP contribution in [0.5, 0.6) is 0 Å². The first-order chi connectivity index (χ1) is 20.4. The average Bonchev–Trinajstić information content (AvgIpc) is 3.13. The summed E-state index contributed by atoms with van der Waals surface area (Å²) in [4.78, 5) is 50.6. The molecule has 1 N–H and O–H groups in total. The van der Waals surface area contributed by atoms with Crippen molar-refractivity contribution in [3.8, 4) is 0 Å². The van der Waals surface area contributed by atoms with Crippen molar-refractivity contribution in [1.82, 2.24) is 28.9 Å². The van der Waals surface area contributed by atoms with Gasteiger partial charge in [-0.05, 0) is 30.0 Å². The molecule has 6 rings (SSSR count). The number of halogens is 1. The summed E-state index contributed by atoms with van der Waals surface area (Å²) in [6.45, 7) is 3.39. The van der Waals surface area contributed by atoms with Crippen molar-refractivity contribution in [2.75, 3.05) is 45.2 Å². The van der Waals surface area contributed by atoms with E-state index in [0.717, 1.165) is 35.8 Å². The highest BCUT2D eigenvalue weighted by Crippen LogP contribution is 2.33. The summed E-state index contributed by atoms with van der Waals surface area (Å²) in [5.41, 5.74) is 1.76. The Hall–Kier alpha value is -4.41. The van der Waals surface area contributed by atoms with Gasteiger partial charge in [0.15, 0.2) is 0 Å². The molecule has 0 saturated carbocycles. The second-order valence-corrected chi connectivity index (χ2v) is 11.0. The molecular formula is C32H36ClN7O3. The highest BCUT2D eigenvalue weighted by atomic mass is 35.5. The second-order valence-electron chi connectivity index (χ2n) is 11.0. The average molecular weight is 602 g/mol. The van der Waals surface area contributed by atoms with E-state index >= 15 is 0 Å². The lowest BCUT2D eigenvalue weighted by Gasteiger charge is -2.26. The minimum atomic E-state index is -0.490. The van der Waals surface area contributed by atoms with E-state index in [1.807, 2.05) is 65.2 Å². The normalized spacial score (nSPS) is 13.6. The third-order valence-corrected chi connectivity index (χ3v) is 8.02. The SMILES string of the molecule is CN(C)C(=O)c1c(N2CCCNCC2)n(Cc2ccccc2)c2c(=O)n(Cc3nccc4ccccc34)c(=O)n(C)c12.Cl. The minimum Gasteiger partial charge on any atom is -0.356 e. The van der Waals surface area contributed by atoms with E-state index in [1.54, 1.807) is 27.3 Å². The van der Waals surface area contributed by atoms with Gasteiger partial charge in [0, 0.05) is 58.9 Å². The van der Waals surface area contributed by atoms with Crippen LogP contribution in [0.25, 0.3) is 21.8 Å². The number of carbonyl (C=O) groups excluding carboxylic acids is 1. The number of nitrogens with one attached hydrogen (secondary N) is 1. The Bertz CT molecular complexity index is 1900. The first-order valence-corrected chi connectivity index (χ1v) is 14.3. The molecule has 10 nitrogen and oxygen atoms in total. The summed E-state index contributed by atoms with van der Waals surface area (Å²) in [5.74, 6) is 0.422. The van der Waals surface area contributed by atoms with Gasteiger partial charge in [-0.15, -0.1) is 12.4 Å². The van der Waals surface area contributed by atoms with E-state index in [9.17, 15) is 14.4 Å². The molecule has 0 unspecified atom stereocenters. The molecule has 0 atom stereocenters. The van der Waals surface area contributed by atoms with Crippen LogP contribution < -0.4 is 21.5 Å². The Morgan fingerprint density at radius 1 is 0.907 bits per heavy atom. The molecule has 1 saturated heterocycles. The number of hydrogen-bond acceptors (Lipinski definition) is 6. The fraction of sp³-hybridized carbons (Fsp3) is 0.312. The van der Waals surface area contributed by atoms with Gasteiger partial charge in [-0.3, -0.25) is 23.7 Å². The molecule has 5 aromatic rings. The zero-order chi connectivity index (χ0) is 29.4. The molecule has 4 heterocycles. The smallest absolute Gasteiger partial charge is 0.331 e. The van der Waals surface area contributed by atoms with E-state index in [0.29, 0.717) is 47.7 Å². The van der Waals surface area contributed by atoms with Gasteiger partial charge in [-0.2, -0.15) is 0 Å². The topological polar surface area (TPSA) is 97.4 Å². The number of fused-ring (bicyclic) bond motifs is 2. The Balaban J connectivity index is 0.00000368. The van der Waals surface area contributed by atoms with Crippen LogP contribution in [0.4, 0.5) is 5.82 Å². The molecular weight excluding hydrogens is 566 g/mol. The number of amides is 1. The van der Waals surface area contributed by atoms with Crippen molar-refractivity contribution in [1.29, 1.82) is 0 Å². The highest BCUT2D eigenvalue weighted by molar-refractivity contribution is 6.10. The fourth-order valence-electron chi connectivity index (χ4n) is 5.95. The number of aryl methyl sites for hydroxylation is 1. The van der Waals surface area contributed by atoms with Gasteiger partial charge in [-0.25, -0.2) is 4.79 Å². The third kappa shape index (κ3) is 5.44. The van der Waals surface area contributed by atoms with Crippen LogP contribution in [0.15, 0.2) is 76.4 Å². The fourth-order valence-corrected chi connectivity index (χ4v) is 5.95. The molecule has 0 spiro atoms. The van der Waals surface area contributed by atoms with Crippen molar-refractivity contribution in [2.45, 2.75) is 19.5 Å². The van der Waals surface area contributed by atoms with Crippen LogP contribution in [-0.4, -0.2) is 69.8 Å². The number of aromatic nitrogens is 4. The van der Waals surface area contributed by atoms with Gasteiger partial charge < -0.3 is 19.7 Å². The molecule has 0 bridgehead atoms. The van der Waals surface area contributed by atoms with Gasteiger partial charge in [0.1, 0.15) is 16.9 Å².